The zero-order valence-electron chi connectivity index (χ0n) is 10.7. The Morgan fingerprint density at radius 1 is 1.00 bits per heavy atom. The van der Waals surface area contributed by atoms with Gasteiger partial charge in [-0.05, 0) is 11.6 Å². The number of H-pyrrole nitrogens is 1. The SMILES string of the molecule is Cl.NCc1ccc(-c2n[nH]c(=O)c3ccccc23)cc1. The Bertz CT molecular complexity index is 781. The molecule has 0 aliphatic heterocycles. The number of hydrogen-bond acceptors (Lipinski definition) is 3. The van der Waals surface area contributed by atoms with Gasteiger partial charge in [0, 0.05) is 17.5 Å². The van der Waals surface area contributed by atoms with Crippen molar-refractivity contribution in [3.8, 4) is 11.3 Å². The molecule has 5 heteroatoms. The normalized spacial score (nSPS) is 10.2. The number of nitrogens with one attached hydrogen (secondary N) is 1. The van der Waals surface area contributed by atoms with Crippen molar-refractivity contribution in [1.82, 2.24) is 10.2 Å². The third-order valence-corrected chi connectivity index (χ3v) is 3.16. The molecule has 3 N–H and O–H groups in total. The maximum Gasteiger partial charge on any atom is 0.272 e. The number of nitrogens with zero attached hydrogens (tertiary/aromatic N) is 1. The highest BCUT2D eigenvalue weighted by atomic mass is 35.5. The van der Waals surface area contributed by atoms with E-state index in [2.05, 4.69) is 10.2 Å². The Labute approximate surface area is 122 Å². The molecule has 0 saturated carbocycles. The molecule has 0 spiro atoms. The minimum Gasteiger partial charge on any atom is -0.326 e. The molecule has 1 heterocycles. The zero-order chi connectivity index (χ0) is 13.2. The summed E-state index contributed by atoms with van der Waals surface area (Å²) in [5.74, 6) is 0. The standard InChI is InChI=1S/C15H13N3O.ClH/c16-9-10-5-7-11(8-6-10)14-12-3-1-2-4-13(12)15(19)18-17-14;/h1-8H,9,16H2,(H,18,19);1H. The van der Waals surface area contributed by atoms with Crippen LogP contribution in [0.3, 0.4) is 0 Å². The van der Waals surface area contributed by atoms with E-state index in [0.29, 0.717) is 11.9 Å². The molecular weight excluding hydrogens is 274 g/mol. The molecule has 4 nitrogen and oxygen atoms in total. The number of halogens is 1. The minimum absolute atomic E-state index is 0. The highest BCUT2D eigenvalue weighted by molar-refractivity contribution is 5.93. The molecule has 0 aliphatic rings. The van der Waals surface area contributed by atoms with Gasteiger partial charge in [0.25, 0.3) is 5.56 Å². The van der Waals surface area contributed by atoms with Crippen molar-refractivity contribution >= 4 is 23.2 Å². The first-order valence-electron chi connectivity index (χ1n) is 6.06. The summed E-state index contributed by atoms with van der Waals surface area (Å²) < 4.78 is 0. The maximum atomic E-state index is 11.7. The van der Waals surface area contributed by atoms with Gasteiger partial charge >= 0.3 is 0 Å². The van der Waals surface area contributed by atoms with E-state index in [-0.39, 0.29) is 18.0 Å². The lowest BCUT2D eigenvalue weighted by Gasteiger charge is -2.05. The second-order valence-electron chi connectivity index (χ2n) is 4.35. The molecule has 0 atom stereocenters. The highest BCUT2D eigenvalue weighted by Gasteiger charge is 2.07. The molecule has 3 rings (SSSR count). The zero-order valence-corrected chi connectivity index (χ0v) is 11.5. The van der Waals surface area contributed by atoms with Gasteiger partial charge in [0.15, 0.2) is 0 Å². The maximum absolute atomic E-state index is 11.7. The second-order valence-corrected chi connectivity index (χ2v) is 4.35. The summed E-state index contributed by atoms with van der Waals surface area (Å²) in [7, 11) is 0. The summed E-state index contributed by atoms with van der Waals surface area (Å²) in [5.41, 5.74) is 8.22. The molecule has 0 bridgehead atoms. The van der Waals surface area contributed by atoms with Gasteiger partial charge in [0.05, 0.1) is 11.1 Å². The number of aromatic amines is 1. The average Bonchev–Trinajstić information content (AvgIpc) is 2.48. The van der Waals surface area contributed by atoms with E-state index in [4.69, 9.17) is 5.73 Å². The lowest BCUT2D eigenvalue weighted by molar-refractivity contribution is 1.02. The minimum atomic E-state index is -0.169. The fourth-order valence-corrected chi connectivity index (χ4v) is 2.13. The summed E-state index contributed by atoms with van der Waals surface area (Å²) >= 11 is 0. The third-order valence-electron chi connectivity index (χ3n) is 3.16. The van der Waals surface area contributed by atoms with Crippen molar-refractivity contribution in [2.75, 3.05) is 0 Å². The van der Waals surface area contributed by atoms with Gasteiger partial charge in [0.2, 0.25) is 0 Å². The number of aromatic nitrogens is 2. The van der Waals surface area contributed by atoms with Crippen LogP contribution in [0.15, 0.2) is 53.3 Å². The van der Waals surface area contributed by atoms with Crippen molar-refractivity contribution in [3.63, 3.8) is 0 Å². The van der Waals surface area contributed by atoms with Crippen molar-refractivity contribution in [2.24, 2.45) is 5.73 Å². The largest absolute Gasteiger partial charge is 0.326 e. The van der Waals surface area contributed by atoms with Gasteiger partial charge < -0.3 is 5.73 Å². The third kappa shape index (κ3) is 2.43. The van der Waals surface area contributed by atoms with Crippen LogP contribution < -0.4 is 11.3 Å². The quantitative estimate of drug-likeness (QED) is 0.760. The summed E-state index contributed by atoms with van der Waals surface area (Å²) in [6, 6.07) is 15.3. The number of hydrogen-bond donors (Lipinski definition) is 2. The predicted octanol–water partition coefficient (Wildman–Crippen LogP) is 2.47. The number of fused-ring (bicyclic) bond motifs is 1. The van der Waals surface area contributed by atoms with Crippen LogP contribution in [0.2, 0.25) is 0 Å². The number of benzene rings is 2. The molecule has 2 aromatic carbocycles. The molecule has 0 unspecified atom stereocenters. The first-order valence-corrected chi connectivity index (χ1v) is 6.06. The second kappa shape index (κ2) is 5.86. The molecule has 0 radical (unpaired) electrons. The van der Waals surface area contributed by atoms with E-state index in [1.165, 1.54) is 0 Å². The van der Waals surface area contributed by atoms with Crippen LogP contribution in [0, 0.1) is 0 Å². The fraction of sp³-hybridized carbons (Fsp3) is 0.0667. The summed E-state index contributed by atoms with van der Waals surface area (Å²) in [4.78, 5) is 11.7. The molecule has 0 amide bonds. The van der Waals surface area contributed by atoms with Crippen LogP contribution >= 0.6 is 12.4 Å². The van der Waals surface area contributed by atoms with Crippen molar-refractivity contribution in [2.45, 2.75) is 6.54 Å². The fourth-order valence-electron chi connectivity index (χ4n) is 2.13. The van der Waals surface area contributed by atoms with Crippen molar-refractivity contribution in [3.05, 3.63) is 64.4 Å². The van der Waals surface area contributed by atoms with Crippen LogP contribution in [-0.4, -0.2) is 10.2 Å². The van der Waals surface area contributed by atoms with Crippen LogP contribution in [0.25, 0.3) is 22.0 Å². The Balaban J connectivity index is 0.00000147. The lowest BCUT2D eigenvalue weighted by Crippen LogP contribution is -2.09. The summed E-state index contributed by atoms with van der Waals surface area (Å²) in [6.45, 7) is 0.514. The monoisotopic (exact) mass is 287 g/mol. The first-order chi connectivity index (χ1) is 9.29. The molecule has 3 aromatic rings. The highest BCUT2D eigenvalue weighted by Crippen LogP contribution is 2.24. The molecule has 102 valence electrons. The van der Waals surface area contributed by atoms with E-state index in [1.807, 2.05) is 42.5 Å². The Morgan fingerprint density at radius 2 is 1.65 bits per heavy atom. The van der Waals surface area contributed by atoms with Crippen molar-refractivity contribution in [1.29, 1.82) is 0 Å². The van der Waals surface area contributed by atoms with Gasteiger partial charge in [-0.2, -0.15) is 5.10 Å². The van der Waals surface area contributed by atoms with E-state index >= 15 is 0 Å². The van der Waals surface area contributed by atoms with Gasteiger partial charge in [0.1, 0.15) is 0 Å². The van der Waals surface area contributed by atoms with E-state index in [0.717, 1.165) is 22.2 Å². The molecule has 20 heavy (non-hydrogen) atoms. The summed E-state index contributed by atoms with van der Waals surface area (Å²) in [6.07, 6.45) is 0. The molecule has 1 aromatic heterocycles. The molecule has 0 fully saturated rings. The molecule has 0 saturated heterocycles. The lowest BCUT2D eigenvalue weighted by atomic mass is 10.0. The average molecular weight is 288 g/mol. The summed E-state index contributed by atoms with van der Waals surface area (Å²) in [5, 5.41) is 8.21. The van der Waals surface area contributed by atoms with Gasteiger partial charge in [-0.15, -0.1) is 12.4 Å². The van der Waals surface area contributed by atoms with Gasteiger partial charge in [-0.25, -0.2) is 5.10 Å². The van der Waals surface area contributed by atoms with E-state index < -0.39 is 0 Å². The van der Waals surface area contributed by atoms with E-state index in [9.17, 15) is 4.79 Å². The number of rotatable bonds is 2. The van der Waals surface area contributed by atoms with Crippen LogP contribution in [0.5, 0.6) is 0 Å². The van der Waals surface area contributed by atoms with Crippen LogP contribution in [-0.2, 0) is 6.54 Å². The van der Waals surface area contributed by atoms with E-state index in [1.54, 1.807) is 6.07 Å². The van der Waals surface area contributed by atoms with Gasteiger partial charge in [-0.3, -0.25) is 4.79 Å². The molecular formula is C15H14ClN3O. The number of nitrogens with two attached hydrogens (primary N) is 1. The Kier molecular flexibility index (Phi) is 4.17. The predicted molar refractivity (Wildman–Crippen MR) is 82.9 cm³/mol. The molecule has 0 aliphatic carbocycles. The first kappa shape index (κ1) is 14.2. The Hall–Kier alpha value is -2.17. The topological polar surface area (TPSA) is 71.8 Å². The van der Waals surface area contributed by atoms with Crippen LogP contribution in [0.1, 0.15) is 5.56 Å². The smallest absolute Gasteiger partial charge is 0.272 e. The van der Waals surface area contributed by atoms with Crippen molar-refractivity contribution < 1.29 is 0 Å². The van der Waals surface area contributed by atoms with Gasteiger partial charge in [-0.1, -0.05) is 42.5 Å². The Morgan fingerprint density at radius 3 is 2.30 bits per heavy atom. The van der Waals surface area contributed by atoms with Crippen LogP contribution in [0.4, 0.5) is 0 Å².